The molecule has 6 nitrogen and oxygen atoms in total. The summed E-state index contributed by atoms with van der Waals surface area (Å²) in [6.07, 6.45) is 1.73. The van der Waals surface area contributed by atoms with Crippen LogP contribution in [0.25, 0.3) is 0 Å². The van der Waals surface area contributed by atoms with Gasteiger partial charge in [-0.05, 0) is 18.6 Å². The van der Waals surface area contributed by atoms with Gasteiger partial charge in [0.25, 0.3) is 5.91 Å². The third kappa shape index (κ3) is 3.89. The van der Waals surface area contributed by atoms with Gasteiger partial charge in [0.15, 0.2) is 5.76 Å². The van der Waals surface area contributed by atoms with Crippen LogP contribution in [0.15, 0.2) is 16.5 Å². The second-order valence-corrected chi connectivity index (χ2v) is 4.02. The van der Waals surface area contributed by atoms with Crippen molar-refractivity contribution >= 4 is 11.8 Å². The lowest BCUT2D eigenvalue weighted by atomic mass is 10.3. The Hall–Kier alpha value is -1.82. The Balaban J connectivity index is 2.76. The first-order chi connectivity index (χ1) is 8.58. The summed E-state index contributed by atoms with van der Waals surface area (Å²) >= 11 is 0. The van der Waals surface area contributed by atoms with Crippen LogP contribution >= 0.6 is 0 Å². The Kier molecular flexibility index (Phi) is 5.38. The fraction of sp³-hybridized carbons (Fsp3) is 0.500. The third-order valence-electron chi connectivity index (χ3n) is 2.49. The van der Waals surface area contributed by atoms with Crippen molar-refractivity contribution in [2.24, 2.45) is 11.5 Å². The molecule has 1 rings (SSSR count). The second-order valence-electron chi connectivity index (χ2n) is 4.02. The summed E-state index contributed by atoms with van der Waals surface area (Å²) in [7, 11) is 0. The van der Waals surface area contributed by atoms with E-state index < -0.39 is 5.91 Å². The fourth-order valence-electron chi connectivity index (χ4n) is 1.55. The van der Waals surface area contributed by atoms with Crippen molar-refractivity contribution in [2.45, 2.75) is 26.3 Å². The van der Waals surface area contributed by atoms with E-state index >= 15 is 0 Å². The summed E-state index contributed by atoms with van der Waals surface area (Å²) in [6, 6.07) is 3.21. The minimum absolute atomic E-state index is 0.0997. The molecule has 0 atom stereocenters. The Morgan fingerprint density at radius 2 is 2.11 bits per heavy atom. The summed E-state index contributed by atoms with van der Waals surface area (Å²) < 4.78 is 5.27. The summed E-state index contributed by atoms with van der Waals surface area (Å²) in [5, 5.41) is 0. The van der Waals surface area contributed by atoms with E-state index in [9.17, 15) is 9.59 Å². The molecule has 100 valence electrons. The van der Waals surface area contributed by atoms with Crippen molar-refractivity contribution in [1.82, 2.24) is 4.90 Å². The van der Waals surface area contributed by atoms with E-state index in [4.69, 9.17) is 15.9 Å². The molecule has 0 radical (unpaired) electrons. The van der Waals surface area contributed by atoms with Gasteiger partial charge in [-0.2, -0.15) is 0 Å². The second kappa shape index (κ2) is 6.80. The maximum atomic E-state index is 12.1. The van der Waals surface area contributed by atoms with Gasteiger partial charge >= 0.3 is 0 Å². The highest BCUT2D eigenvalue weighted by Gasteiger charge is 2.20. The van der Waals surface area contributed by atoms with Crippen LogP contribution in [0.3, 0.4) is 0 Å². The number of amides is 2. The number of carbonyl (C=O) groups is 2. The van der Waals surface area contributed by atoms with Gasteiger partial charge in [-0.1, -0.05) is 13.3 Å². The Labute approximate surface area is 106 Å². The smallest absolute Gasteiger partial charge is 0.290 e. The number of hydrogen-bond donors (Lipinski definition) is 2. The SMILES string of the molecule is CCCCN(CC(N)=O)C(=O)c1ccc(CN)o1. The van der Waals surface area contributed by atoms with Crippen molar-refractivity contribution in [1.29, 1.82) is 0 Å². The number of furan rings is 1. The van der Waals surface area contributed by atoms with E-state index in [0.29, 0.717) is 12.3 Å². The molecule has 2 amide bonds. The van der Waals surface area contributed by atoms with Crippen LogP contribution in [0.5, 0.6) is 0 Å². The number of hydrogen-bond acceptors (Lipinski definition) is 4. The lowest BCUT2D eigenvalue weighted by Crippen LogP contribution is -2.38. The van der Waals surface area contributed by atoms with E-state index in [2.05, 4.69) is 0 Å². The van der Waals surface area contributed by atoms with Crippen molar-refractivity contribution in [2.75, 3.05) is 13.1 Å². The van der Waals surface area contributed by atoms with Gasteiger partial charge in [-0.25, -0.2) is 0 Å². The molecule has 1 aromatic rings. The molecule has 0 unspecified atom stereocenters. The number of primary amides is 1. The zero-order chi connectivity index (χ0) is 13.5. The van der Waals surface area contributed by atoms with E-state index in [0.717, 1.165) is 12.8 Å². The maximum absolute atomic E-state index is 12.1. The number of nitrogens with two attached hydrogens (primary N) is 2. The molecular weight excluding hydrogens is 234 g/mol. The minimum atomic E-state index is -0.537. The topological polar surface area (TPSA) is 103 Å². The molecule has 4 N–H and O–H groups in total. The standard InChI is InChI=1S/C12H19N3O3/c1-2-3-6-15(8-11(14)16)12(17)10-5-4-9(7-13)18-10/h4-5H,2-3,6-8,13H2,1H3,(H2,14,16). The van der Waals surface area contributed by atoms with Gasteiger partial charge in [0.2, 0.25) is 5.91 Å². The average Bonchev–Trinajstić information content (AvgIpc) is 2.81. The largest absolute Gasteiger partial charge is 0.455 e. The average molecular weight is 253 g/mol. The van der Waals surface area contributed by atoms with Crippen molar-refractivity contribution < 1.29 is 14.0 Å². The summed E-state index contributed by atoms with van der Waals surface area (Å²) in [5.74, 6) is -0.146. The van der Waals surface area contributed by atoms with Crippen LogP contribution in [0.1, 0.15) is 36.1 Å². The van der Waals surface area contributed by atoms with Gasteiger partial charge in [0.1, 0.15) is 5.76 Å². The van der Waals surface area contributed by atoms with Crippen LogP contribution in [-0.4, -0.2) is 29.8 Å². The molecule has 0 aromatic carbocycles. The number of unbranched alkanes of at least 4 members (excludes halogenated alkanes) is 1. The summed E-state index contributed by atoms with van der Waals surface area (Å²) in [5.41, 5.74) is 10.5. The summed E-state index contributed by atoms with van der Waals surface area (Å²) in [4.78, 5) is 24.4. The zero-order valence-electron chi connectivity index (χ0n) is 10.5. The molecule has 0 saturated carbocycles. The lowest BCUT2D eigenvalue weighted by molar-refractivity contribution is -0.118. The predicted octanol–water partition coefficient (Wildman–Crippen LogP) is 0.466. The highest BCUT2D eigenvalue weighted by molar-refractivity contribution is 5.94. The molecule has 0 aliphatic rings. The molecule has 18 heavy (non-hydrogen) atoms. The normalized spacial score (nSPS) is 10.3. The third-order valence-corrected chi connectivity index (χ3v) is 2.49. The molecule has 1 heterocycles. The van der Waals surface area contributed by atoms with E-state index in [1.807, 2.05) is 6.92 Å². The van der Waals surface area contributed by atoms with Crippen LogP contribution in [0.2, 0.25) is 0 Å². The van der Waals surface area contributed by atoms with Gasteiger partial charge < -0.3 is 20.8 Å². The van der Waals surface area contributed by atoms with Crippen molar-refractivity contribution in [3.63, 3.8) is 0 Å². The Morgan fingerprint density at radius 3 is 2.61 bits per heavy atom. The zero-order valence-corrected chi connectivity index (χ0v) is 10.5. The first-order valence-electron chi connectivity index (χ1n) is 5.94. The van der Waals surface area contributed by atoms with Gasteiger partial charge in [0.05, 0.1) is 13.1 Å². The fourth-order valence-corrected chi connectivity index (χ4v) is 1.55. The highest BCUT2D eigenvalue weighted by Crippen LogP contribution is 2.11. The van der Waals surface area contributed by atoms with E-state index in [1.54, 1.807) is 12.1 Å². The monoisotopic (exact) mass is 253 g/mol. The van der Waals surface area contributed by atoms with E-state index in [-0.39, 0.29) is 24.8 Å². The van der Waals surface area contributed by atoms with Gasteiger partial charge in [0, 0.05) is 6.54 Å². The number of carbonyl (C=O) groups excluding carboxylic acids is 2. The molecule has 0 saturated heterocycles. The van der Waals surface area contributed by atoms with Crippen LogP contribution in [0, 0.1) is 0 Å². The minimum Gasteiger partial charge on any atom is -0.455 e. The Morgan fingerprint density at radius 1 is 1.39 bits per heavy atom. The van der Waals surface area contributed by atoms with Crippen molar-refractivity contribution in [3.8, 4) is 0 Å². The molecule has 0 bridgehead atoms. The quantitative estimate of drug-likeness (QED) is 0.737. The molecule has 0 fully saturated rings. The Bertz CT molecular complexity index is 414. The molecule has 0 spiro atoms. The molecule has 6 heteroatoms. The highest BCUT2D eigenvalue weighted by atomic mass is 16.4. The lowest BCUT2D eigenvalue weighted by Gasteiger charge is -2.19. The predicted molar refractivity (Wildman–Crippen MR) is 66.6 cm³/mol. The van der Waals surface area contributed by atoms with Gasteiger partial charge in [-0.15, -0.1) is 0 Å². The van der Waals surface area contributed by atoms with Crippen molar-refractivity contribution in [3.05, 3.63) is 23.7 Å². The molecule has 0 aliphatic carbocycles. The molecule has 1 aromatic heterocycles. The summed E-state index contributed by atoms with van der Waals surface area (Å²) in [6.45, 7) is 2.62. The molecular formula is C12H19N3O3. The van der Waals surface area contributed by atoms with E-state index in [1.165, 1.54) is 4.90 Å². The van der Waals surface area contributed by atoms with Crippen LogP contribution in [0.4, 0.5) is 0 Å². The van der Waals surface area contributed by atoms with Gasteiger partial charge in [-0.3, -0.25) is 9.59 Å². The maximum Gasteiger partial charge on any atom is 0.290 e. The first-order valence-corrected chi connectivity index (χ1v) is 5.94. The molecule has 0 aliphatic heterocycles. The number of rotatable bonds is 7. The number of nitrogens with zero attached hydrogens (tertiary/aromatic N) is 1. The van der Waals surface area contributed by atoms with Crippen LogP contribution < -0.4 is 11.5 Å². The van der Waals surface area contributed by atoms with Crippen LogP contribution in [-0.2, 0) is 11.3 Å². The first kappa shape index (κ1) is 14.2.